The molecule has 4 nitrogen and oxygen atoms in total. The Bertz CT molecular complexity index is 478. The van der Waals surface area contributed by atoms with E-state index < -0.39 is 9.84 Å². The van der Waals surface area contributed by atoms with Crippen LogP contribution in [0.3, 0.4) is 0 Å². The molecule has 0 aromatic heterocycles. The van der Waals surface area contributed by atoms with Crippen LogP contribution in [0.15, 0.2) is 29.2 Å². The van der Waals surface area contributed by atoms with E-state index in [0.717, 1.165) is 0 Å². The van der Waals surface area contributed by atoms with E-state index in [-0.39, 0.29) is 12.1 Å². The van der Waals surface area contributed by atoms with Crippen LogP contribution >= 0.6 is 0 Å². The van der Waals surface area contributed by atoms with Crippen LogP contribution in [-0.2, 0) is 9.84 Å². The molecule has 1 aliphatic carbocycles. The zero-order valence-electron chi connectivity index (χ0n) is 9.05. The third-order valence-electron chi connectivity index (χ3n) is 2.76. The van der Waals surface area contributed by atoms with Crippen molar-refractivity contribution >= 4 is 15.5 Å². The summed E-state index contributed by atoms with van der Waals surface area (Å²) < 4.78 is 23.0. The molecular weight excluding hydrogens is 226 g/mol. The predicted octanol–water partition coefficient (Wildman–Crippen LogP) is 1.03. The number of benzene rings is 1. The van der Waals surface area contributed by atoms with E-state index in [0.29, 0.717) is 23.4 Å². The van der Waals surface area contributed by atoms with Gasteiger partial charge in [0.1, 0.15) is 0 Å². The van der Waals surface area contributed by atoms with Gasteiger partial charge in [-0.15, -0.1) is 0 Å². The maximum absolute atomic E-state index is 11.5. The second-order valence-corrected chi connectivity index (χ2v) is 6.22. The number of para-hydroxylation sites is 1. The summed E-state index contributed by atoms with van der Waals surface area (Å²) in [6, 6.07) is 7.02. The summed E-state index contributed by atoms with van der Waals surface area (Å²) in [4.78, 5) is 0.316. The Kier molecular flexibility index (Phi) is 2.90. The molecule has 0 atom stereocenters. The second kappa shape index (κ2) is 4.07. The van der Waals surface area contributed by atoms with Crippen molar-refractivity contribution in [2.24, 2.45) is 0 Å². The van der Waals surface area contributed by atoms with Crippen molar-refractivity contribution in [1.29, 1.82) is 0 Å². The smallest absolute Gasteiger partial charge is 0.177 e. The lowest BCUT2D eigenvalue weighted by Gasteiger charge is -2.33. The molecule has 2 rings (SSSR count). The van der Waals surface area contributed by atoms with E-state index in [1.165, 1.54) is 6.26 Å². The first-order valence-corrected chi connectivity index (χ1v) is 7.09. The van der Waals surface area contributed by atoms with E-state index in [2.05, 4.69) is 5.32 Å². The van der Waals surface area contributed by atoms with Gasteiger partial charge in [-0.05, 0) is 25.0 Å². The zero-order valence-corrected chi connectivity index (χ0v) is 9.87. The highest BCUT2D eigenvalue weighted by molar-refractivity contribution is 7.90. The van der Waals surface area contributed by atoms with Gasteiger partial charge in [0.2, 0.25) is 0 Å². The Morgan fingerprint density at radius 2 is 1.94 bits per heavy atom. The van der Waals surface area contributed by atoms with Crippen LogP contribution in [-0.4, -0.2) is 31.9 Å². The van der Waals surface area contributed by atoms with Crippen molar-refractivity contribution in [2.45, 2.75) is 29.9 Å². The molecule has 0 radical (unpaired) electrons. The Hall–Kier alpha value is -1.07. The van der Waals surface area contributed by atoms with Crippen LogP contribution < -0.4 is 5.32 Å². The molecule has 5 heteroatoms. The van der Waals surface area contributed by atoms with Gasteiger partial charge in [-0.3, -0.25) is 0 Å². The van der Waals surface area contributed by atoms with E-state index >= 15 is 0 Å². The Balaban J connectivity index is 2.21. The largest absolute Gasteiger partial charge is 0.393 e. The molecule has 0 saturated heterocycles. The first kappa shape index (κ1) is 11.4. The van der Waals surface area contributed by atoms with Crippen LogP contribution in [0.2, 0.25) is 0 Å². The van der Waals surface area contributed by atoms with Gasteiger partial charge in [0.15, 0.2) is 9.84 Å². The quantitative estimate of drug-likeness (QED) is 0.829. The molecule has 0 unspecified atom stereocenters. The fourth-order valence-corrected chi connectivity index (χ4v) is 2.69. The molecule has 0 spiro atoms. The van der Waals surface area contributed by atoms with Crippen molar-refractivity contribution in [3.8, 4) is 0 Å². The Labute approximate surface area is 95.2 Å². The molecule has 88 valence electrons. The SMILES string of the molecule is CS(=O)(=O)c1ccccc1NC1CC(O)C1. The molecule has 1 saturated carbocycles. The summed E-state index contributed by atoms with van der Waals surface area (Å²) in [5, 5.41) is 12.3. The van der Waals surface area contributed by atoms with Gasteiger partial charge in [-0.2, -0.15) is 0 Å². The van der Waals surface area contributed by atoms with Crippen molar-refractivity contribution in [3.63, 3.8) is 0 Å². The Morgan fingerprint density at radius 1 is 1.31 bits per heavy atom. The summed E-state index contributed by atoms with van der Waals surface area (Å²) in [6.07, 6.45) is 2.31. The number of nitrogens with one attached hydrogen (secondary N) is 1. The van der Waals surface area contributed by atoms with Gasteiger partial charge >= 0.3 is 0 Å². The third-order valence-corrected chi connectivity index (χ3v) is 3.91. The van der Waals surface area contributed by atoms with E-state index in [1.54, 1.807) is 24.3 Å². The highest BCUT2D eigenvalue weighted by Crippen LogP contribution is 2.27. The minimum absolute atomic E-state index is 0.179. The molecule has 1 aromatic rings. The molecule has 0 bridgehead atoms. The molecule has 1 fully saturated rings. The lowest BCUT2D eigenvalue weighted by Crippen LogP contribution is -2.39. The first-order chi connectivity index (χ1) is 7.47. The van der Waals surface area contributed by atoms with Gasteiger partial charge in [-0.25, -0.2) is 8.42 Å². The third kappa shape index (κ3) is 2.36. The van der Waals surface area contributed by atoms with Gasteiger partial charge in [0, 0.05) is 12.3 Å². The highest BCUT2D eigenvalue weighted by atomic mass is 32.2. The van der Waals surface area contributed by atoms with Crippen LogP contribution in [0, 0.1) is 0 Å². The number of aliphatic hydroxyl groups excluding tert-OH is 1. The summed E-state index contributed by atoms with van der Waals surface area (Å²) in [5.41, 5.74) is 0.627. The van der Waals surface area contributed by atoms with Gasteiger partial charge in [-0.1, -0.05) is 12.1 Å². The summed E-state index contributed by atoms with van der Waals surface area (Å²) in [7, 11) is -3.20. The summed E-state index contributed by atoms with van der Waals surface area (Å²) in [6.45, 7) is 0. The average molecular weight is 241 g/mol. The number of rotatable bonds is 3. The normalized spacial score (nSPS) is 24.9. The maximum atomic E-state index is 11.5. The number of sulfone groups is 1. The van der Waals surface area contributed by atoms with Crippen molar-refractivity contribution in [2.75, 3.05) is 11.6 Å². The molecule has 0 heterocycles. The molecule has 1 aromatic carbocycles. The fraction of sp³-hybridized carbons (Fsp3) is 0.455. The van der Waals surface area contributed by atoms with E-state index in [9.17, 15) is 8.42 Å². The van der Waals surface area contributed by atoms with Crippen molar-refractivity contribution in [1.82, 2.24) is 0 Å². The molecule has 0 aliphatic heterocycles. The van der Waals surface area contributed by atoms with Crippen LogP contribution in [0.5, 0.6) is 0 Å². The van der Waals surface area contributed by atoms with Gasteiger partial charge in [0.05, 0.1) is 16.7 Å². The van der Waals surface area contributed by atoms with Gasteiger partial charge in [0.25, 0.3) is 0 Å². The number of hydrogen-bond acceptors (Lipinski definition) is 4. The van der Waals surface area contributed by atoms with Crippen LogP contribution in [0.4, 0.5) is 5.69 Å². The summed E-state index contributed by atoms with van der Waals surface area (Å²) in [5.74, 6) is 0. The van der Waals surface area contributed by atoms with Gasteiger partial charge < -0.3 is 10.4 Å². The van der Waals surface area contributed by atoms with E-state index in [4.69, 9.17) is 5.11 Å². The summed E-state index contributed by atoms with van der Waals surface area (Å²) >= 11 is 0. The minimum Gasteiger partial charge on any atom is -0.393 e. The number of hydrogen-bond donors (Lipinski definition) is 2. The van der Waals surface area contributed by atoms with Crippen LogP contribution in [0.1, 0.15) is 12.8 Å². The maximum Gasteiger partial charge on any atom is 0.177 e. The van der Waals surface area contributed by atoms with Crippen molar-refractivity contribution < 1.29 is 13.5 Å². The molecular formula is C11H15NO3S. The van der Waals surface area contributed by atoms with Crippen LogP contribution in [0.25, 0.3) is 0 Å². The zero-order chi connectivity index (χ0) is 11.8. The van der Waals surface area contributed by atoms with Crippen molar-refractivity contribution in [3.05, 3.63) is 24.3 Å². The van der Waals surface area contributed by atoms with E-state index in [1.807, 2.05) is 0 Å². The predicted molar refractivity (Wildman–Crippen MR) is 62.2 cm³/mol. The number of anilines is 1. The molecule has 1 aliphatic rings. The fourth-order valence-electron chi connectivity index (χ4n) is 1.83. The lowest BCUT2D eigenvalue weighted by atomic mass is 9.89. The topological polar surface area (TPSA) is 66.4 Å². The molecule has 16 heavy (non-hydrogen) atoms. The molecule has 2 N–H and O–H groups in total. The monoisotopic (exact) mass is 241 g/mol. The molecule has 0 amide bonds. The number of aliphatic hydroxyl groups is 1. The second-order valence-electron chi connectivity index (χ2n) is 4.23. The lowest BCUT2D eigenvalue weighted by molar-refractivity contribution is 0.0836. The Morgan fingerprint density at radius 3 is 2.50 bits per heavy atom. The standard InChI is InChI=1S/C11H15NO3S/c1-16(14,15)11-5-3-2-4-10(11)12-8-6-9(13)7-8/h2-5,8-9,12-13H,6-7H2,1H3. The highest BCUT2D eigenvalue weighted by Gasteiger charge is 2.28. The minimum atomic E-state index is -3.20. The first-order valence-electron chi connectivity index (χ1n) is 5.20. The average Bonchev–Trinajstić information content (AvgIpc) is 2.14.